The monoisotopic (exact) mass is 484 g/mol. The zero-order valence-corrected chi connectivity index (χ0v) is 18.3. The van der Waals surface area contributed by atoms with E-state index in [0.29, 0.717) is 0 Å². The summed E-state index contributed by atoms with van der Waals surface area (Å²) in [4.78, 5) is 49.9. The zero-order chi connectivity index (χ0) is 25.3. The van der Waals surface area contributed by atoms with Gasteiger partial charge in [0.25, 0.3) is 5.56 Å². The van der Waals surface area contributed by atoms with Gasteiger partial charge in [0.15, 0.2) is 12.3 Å². The number of amides is 1. The number of carboxylic acids is 1. The van der Waals surface area contributed by atoms with Crippen molar-refractivity contribution < 1.29 is 29.6 Å². The SMILES string of the molecule is N[C@@H](Cc1ccc2ccccc2c1)C(=O)N[C@H](C(=O)O)[C@H]1O[C@@H](n2ccc(=O)[nH]c2=O)[C@H](O)[C@@H]1O. The van der Waals surface area contributed by atoms with Gasteiger partial charge in [-0.25, -0.2) is 9.59 Å². The smallest absolute Gasteiger partial charge is 0.330 e. The highest BCUT2D eigenvalue weighted by Crippen LogP contribution is 2.30. The van der Waals surface area contributed by atoms with Gasteiger partial charge in [0.05, 0.1) is 6.04 Å². The number of H-pyrrole nitrogens is 1. The molecule has 0 spiro atoms. The van der Waals surface area contributed by atoms with Crippen LogP contribution in [0.25, 0.3) is 10.8 Å². The van der Waals surface area contributed by atoms with Crippen molar-refractivity contribution in [2.75, 3.05) is 0 Å². The maximum absolute atomic E-state index is 12.7. The standard InChI is InChI=1S/C23H24N4O8/c24-14(10-11-5-6-12-3-1-2-4-13(12)9-11)20(31)26-16(22(32)33)19-17(29)18(30)21(35-19)27-8-7-15(28)25-23(27)34/h1-9,14,16-19,21,29-30H,10,24H2,(H,26,31)(H,32,33)(H,25,28,34)/t14-,16-,17-,18+,19+,21+/m0/s1. The van der Waals surface area contributed by atoms with Crippen molar-refractivity contribution in [1.29, 1.82) is 0 Å². The molecule has 0 saturated carbocycles. The number of aliphatic hydroxyl groups is 2. The summed E-state index contributed by atoms with van der Waals surface area (Å²) in [7, 11) is 0. The first kappa shape index (κ1) is 24.3. The van der Waals surface area contributed by atoms with Crippen molar-refractivity contribution in [1.82, 2.24) is 14.9 Å². The van der Waals surface area contributed by atoms with Gasteiger partial charge in [-0.05, 0) is 22.8 Å². The molecular weight excluding hydrogens is 460 g/mol. The van der Waals surface area contributed by atoms with E-state index in [4.69, 9.17) is 10.5 Å². The maximum Gasteiger partial charge on any atom is 0.330 e. The lowest BCUT2D eigenvalue weighted by Crippen LogP contribution is -2.56. The number of fused-ring (bicyclic) bond motifs is 1. The van der Waals surface area contributed by atoms with Crippen molar-refractivity contribution in [2.45, 2.75) is 43.0 Å². The molecule has 2 heterocycles. The highest BCUT2D eigenvalue weighted by atomic mass is 16.6. The van der Waals surface area contributed by atoms with Crippen LogP contribution in [0.4, 0.5) is 0 Å². The van der Waals surface area contributed by atoms with Crippen LogP contribution in [-0.2, 0) is 20.7 Å². The molecule has 0 radical (unpaired) electrons. The molecule has 1 saturated heterocycles. The summed E-state index contributed by atoms with van der Waals surface area (Å²) in [5, 5.41) is 34.7. The summed E-state index contributed by atoms with van der Waals surface area (Å²) < 4.78 is 6.27. The number of ether oxygens (including phenoxy) is 1. The van der Waals surface area contributed by atoms with Gasteiger partial charge < -0.3 is 31.1 Å². The average Bonchev–Trinajstić information content (AvgIpc) is 3.11. The second-order valence-corrected chi connectivity index (χ2v) is 8.31. The van der Waals surface area contributed by atoms with E-state index in [1.165, 1.54) is 0 Å². The van der Waals surface area contributed by atoms with Crippen LogP contribution >= 0.6 is 0 Å². The van der Waals surface area contributed by atoms with Crippen molar-refractivity contribution in [3.63, 3.8) is 0 Å². The number of aliphatic carboxylic acids is 1. The number of nitrogens with two attached hydrogens (primary N) is 1. The van der Waals surface area contributed by atoms with E-state index in [9.17, 15) is 34.5 Å². The van der Waals surface area contributed by atoms with Crippen LogP contribution < -0.4 is 22.3 Å². The van der Waals surface area contributed by atoms with Crippen LogP contribution in [0.2, 0.25) is 0 Å². The number of carbonyl (C=O) groups is 2. The Morgan fingerprint density at radius 1 is 1.09 bits per heavy atom. The fourth-order valence-corrected chi connectivity index (χ4v) is 4.08. The third-order valence-corrected chi connectivity index (χ3v) is 5.90. The number of nitrogens with zero attached hydrogens (tertiary/aromatic N) is 1. The van der Waals surface area contributed by atoms with E-state index >= 15 is 0 Å². The zero-order valence-electron chi connectivity index (χ0n) is 18.3. The van der Waals surface area contributed by atoms with Crippen LogP contribution in [0.5, 0.6) is 0 Å². The first-order valence-electron chi connectivity index (χ1n) is 10.7. The molecule has 1 aliphatic heterocycles. The Labute approximate surface area is 197 Å². The van der Waals surface area contributed by atoms with E-state index < -0.39 is 59.7 Å². The Morgan fingerprint density at radius 2 is 1.80 bits per heavy atom. The molecule has 0 aliphatic carbocycles. The summed E-state index contributed by atoms with van der Waals surface area (Å²) in [5.74, 6) is -2.34. The molecule has 2 aromatic carbocycles. The van der Waals surface area contributed by atoms with Crippen LogP contribution in [-0.4, -0.2) is 67.1 Å². The van der Waals surface area contributed by atoms with Crippen LogP contribution in [0.15, 0.2) is 64.3 Å². The van der Waals surface area contributed by atoms with Crippen molar-refractivity contribution >= 4 is 22.6 Å². The highest BCUT2D eigenvalue weighted by molar-refractivity contribution is 5.88. The lowest BCUT2D eigenvalue weighted by molar-refractivity contribution is -0.149. The van der Waals surface area contributed by atoms with Crippen molar-refractivity contribution in [2.24, 2.45) is 5.73 Å². The summed E-state index contributed by atoms with van der Waals surface area (Å²) in [6.45, 7) is 0. The third kappa shape index (κ3) is 5.00. The van der Waals surface area contributed by atoms with E-state index in [1.54, 1.807) is 0 Å². The van der Waals surface area contributed by atoms with Crippen LogP contribution in [0, 0.1) is 0 Å². The number of carboxylic acid groups (broad SMARTS) is 1. The molecule has 12 nitrogen and oxygen atoms in total. The van der Waals surface area contributed by atoms with Gasteiger partial charge in [-0.15, -0.1) is 0 Å². The van der Waals surface area contributed by atoms with E-state index in [2.05, 4.69) is 5.32 Å². The summed E-state index contributed by atoms with van der Waals surface area (Å²) >= 11 is 0. The first-order chi connectivity index (χ1) is 16.7. The molecule has 12 heteroatoms. The van der Waals surface area contributed by atoms with E-state index in [0.717, 1.165) is 33.2 Å². The predicted octanol–water partition coefficient (Wildman–Crippen LogP) is -1.55. The number of aromatic amines is 1. The second kappa shape index (κ2) is 9.80. The molecule has 0 unspecified atom stereocenters. The lowest BCUT2D eigenvalue weighted by Gasteiger charge is -2.24. The molecular formula is C23H24N4O8. The van der Waals surface area contributed by atoms with Gasteiger partial charge in [-0.1, -0.05) is 42.5 Å². The number of carbonyl (C=O) groups excluding carboxylic acids is 1. The van der Waals surface area contributed by atoms with E-state index in [-0.39, 0.29) is 6.42 Å². The number of benzene rings is 2. The van der Waals surface area contributed by atoms with Gasteiger partial charge in [-0.3, -0.25) is 19.1 Å². The molecule has 7 N–H and O–H groups in total. The molecule has 1 aliphatic rings. The Morgan fingerprint density at radius 3 is 2.49 bits per heavy atom. The topological polar surface area (TPSA) is 197 Å². The molecule has 1 aromatic heterocycles. The van der Waals surface area contributed by atoms with E-state index in [1.807, 2.05) is 47.4 Å². The first-order valence-corrected chi connectivity index (χ1v) is 10.7. The normalized spacial score (nSPS) is 23.6. The van der Waals surface area contributed by atoms with Gasteiger partial charge >= 0.3 is 11.7 Å². The fraction of sp³-hybridized carbons (Fsp3) is 0.304. The highest BCUT2D eigenvalue weighted by Gasteiger charge is 2.50. The Balaban J connectivity index is 1.48. The quantitative estimate of drug-likeness (QED) is 0.230. The maximum atomic E-state index is 12.7. The molecule has 0 bridgehead atoms. The number of aromatic nitrogens is 2. The number of rotatable bonds is 7. The minimum Gasteiger partial charge on any atom is -0.480 e. The number of hydrogen-bond donors (Lipinski definition) is 6. The van der Waals surface area contributed by atoms with Gasteiger partial charge in [0, 0.05) is 12.3 Å². The minimum atomic E-state index is -1.78. The number of aliphatic hydroxyl groups excluding tert-OH is 2. The van der Waals surface area contributed by atoms with Gasteiger partial charge in [-0.2, -0.15) is 0 Å². The Hall–Kier alpha value is -3.84. The molecule has 4 rings (SSSR count). The van der Waals surface area contributed by atoms with Crippen LogP contribution in [0.3, 0.4) is 0 Å². The molecule has 1 amide bonds. The summed E-state index contributed by atoms with van der Waals surface area (Å²) in [6.07, 6.45) is -5.43. The van der Waals surface area contributed by atoms with Crippen molar-refractivity contribution in [3.05, 3.63) is 81.1 Å². The molecule has 184 valence electrons. The summed E-state index contributed by atoms with van der Waals surface area (Å²) in [5.41, 5.74) is 5.17. The average molecular weight is 484 g/mol. The fourth-order valence-electron chi connectivity index (χ4n) is 4.08. The molecule has 1 fully saturated rings. The number of nitrogens with one attached hydrogen (secondary N) is 2. The predicted molar refractivity (Wildman–Crippen MR) is 122 cm³/mol. The molecule has 6 atom stereocenters. The molecule has 35 heavy (non-hydrogen) atoms. The summed E-state index contributed by atoms with van der Waals surface area (Å²) in [6, 6.07) is 11.3. The molecule has 3 aromatic rings. The van der Waals surface area contributed by atoms with Crippen LogP contribution in [0.1, 0.15) is 11.8 Å². The number of hydrogen-bond acceptors (Lipinski definition) is 8. The lowest BCUT2D eigenvalue weighted by atomic mass is 10.00. The second-order valence-electron chi connectivity index (χ2n) is 8.31. The minimum absolute atomic E-state index is 0.120. The Bertz CT molecular complexity index is 1370. The Kier molecular flexibility index (Phi) is 6.80. The van der Waals surface area contributed by atoms with Crippen molar-refractivity contribution in [3.8, 4) is 0 Å². The third-order valence-electron chi connectivity index (χ3n) is 5.90. The van der Waals surface area contributed by atoms with Gasteiger partial charge in [0.1, 0.15) is 18.3 Å². The largest absolute Gasteiger partial charge is 0.480 e. The van der Waals surface area contributed by atoms with Gasteiger partial charge in [0.2, 0.25) is 5.91 Å².